The van der Waals surface area contributed by atoms with E-state index in [0.717, 1.165) is 5.56 Å². The zero-order chi connectivity index (χ0) is 12.3. The molecule has 0 unspecified atom stereocenters. The molecule has 0 aromatic carbocycles. The highest BCUT2D eigenvalue weighted by atomic mass is 35.5. The van der Waals surface area contributed by atoms with Crippen molar-refractivity contribution in [3.8, 4) is 0 Å². The average Bonchev–Trinajstić information content (AvgIpc) is 2.81. The summed E-state index contributed by atoms with van der Waals surface area (Å²) in [6.45, 7) is 2.10. The van der Waals surface area contributed by atoms with Crippen LogP contribution in [0.25, 0.3) is 0 Å². The van der Waals surface area contributed by atoms with Gasteiger partial charge in [0, 0.05) is 6.54 Å². The van der Waals surface area contributed by atoms with E-state index in [-0.39, 0.29) is 0 Å². The van der Waals surface area contributed by atoms with Gasteiger partial charge in [-0.15, -0.1) is 0 Å². The normalized spacial score (nSPS) is 14.3. The van der Waals surface area contributed by atoms with Crippen LogP contribution in [0.3, 0.4) is 0 Å². The van der Waals surface area contributed by atoms with Crippen molar-refractivity contribution < 1.29 is 5.11 Å². The number of nitrogens with zero attached hydrogens (tertiary/aromatic N) is 2. The Morgan fingerprint density at radius 3 is 3.00 bits per heavy atom. The Kier molecular flexibility index (Phi) is 3.61. The summed E-state index contributed by atoms with van der Waals surface area (Å²) < 4.78 is 0. The third-order valence-electron chi connectivity index (χ3n) is 2.36. The fraction of sp³-hybridized carbons (Fsp3) is 0.273. The van der Waals surface area contributed by atoms with Gasteiger partial charge in [-0.1, -0.05) is 11.6 Å². The smallest absolute Gasteiger partial charge is 0.149 e. The third kappa shape index (κ3) is 3.15. The van der Waals surface area contributed by atoms with Gasteiger partial charge in [0.25, 0.3) is 0 Å². The fourth-order valence-corrected chi connectivity index (χ4v) is 2.29. The van der Waals surface area contributed by atoms with E-state index >= 15 is 0 Å². The zero-order valence-electron chi connectivity index (χ0n) is 9.22. The van der Waals surface area contributed by atoms with Gasteiger partial charge >= 0.3 is 0 Å². The molecule has 0 aliphatic rings. The first-order valence-corrected chi connectivity index (χ1v) is 6.36. The molecule has 0 fully saturated rings. The largest absolute Gasteiger partial charge is 0.384 e. The minimum atomic E-state index is -0.940. The van der Waals surface area contributed by atoms with Gasteiger partial charge in [-0.2, -0.15) is 11.3 Å². The summed E-state index contributed by atoms with van der Waals surface area (Å²) in [6.07, 6.45) is 3.03. The van der Waals surface area contributed by atoms with Crippen molar-refractivity contribution in [2.45, 2.75) is 12.5 Å². The minimum Gasteiger partial charge on any atom is -0.384 e. The monoisotopic (exact) mass is 269 g/mol. The molecule has 0 saturated heterocycles. The summed E-state index contributed by atoms with van der Waals surface area (Å²) in [7, 11) is 0. The van der Waals surface area contributed by atoms with Gasteiger partial charge < -0.3 is 10.4 Å². The second-order valence-electron chi connectivity index (χ2n) is 3.87. The summed E-state index contributed by atoms with van der Waals surface area (Å²) >= 11 is 7.27. The van der Waals surface area contributed by atoms with Gasteiger partial charge in [-0.3, -0.25) is 4.98 Å². The maximum absolute atomic E-state index is 10.3. The molecule has 0 bridgehead atoms. The lowest BCUT2D eigenvalue weighted by atomic mass is 9.99. The van der Waals surface area contributed by atoms with Crippen molar-refractivity contribution in [1.82, 2.24) is 9.97 Å². The van der Waals surface area contributed by atoms with Crippen LogP contribution in [-0.2, 0) is 5.60 Å². The van der Waals surface area contributed by atoms with Gasteiger partial charge in [0.2, 0.25) is 0 Å². The van der Waals surface area contributed by atoms with E-state index in [4.69, 9.17) is 11.6 Å². The van der Waals surface area contributed by atoms with E-state index in [1.165, 1.54) is 6.20 Å². The lowest BCUT2D eigenvalue weighted by molar-refractivity contribution is 0.0719. The summed E-state index contributed by atoms with van der Waals surface area (Å²) in [5.41, 5.74) is -0.0609. The molecule has 0 amide bonds. The third-order valence-corrected chi connectivity index (χ3v) is 3.23. The zero-order valence-corrected chi connectivity index (χ0v) is 10.8. The summed E-state index contributed by atoms with van der Waals surface area (Å²) in [4.78, 5) is 7.95. The number of rotatable bonds is 4. The Bertz CT molecular complexity index is 487. The Hall–Kier alpha value is -1.17. The summed E-state index contributed by atoms with van der Waals surface area (Å²) in [5.74, 6) is 0.549. The molecule has 2 aromatic heterocycles. The predicted octanol–water partition coefficient (Wildman–Crippen LogP) is 2.51. The molecule has 0 saturated carbocycles. The Balaban J connectivity index is 2.03. The van der Waals surface area contributed by atoms with Crippen LogP contribution in [0.4, 0.5) is 5.82 Å². The minimum absolute atomic E-state index is 0.324. The standard InChI is InChI=1S/C11H12ClN3OS/c1-11(16,8-2-3-17-6-8)7-14-10-5-13-4-9(12)15-10/h2-6,16H,7H2,1H3,(H,14,15)/t11-/m1/s1. The average molecular weight is 270 g/mol. The molecule has 2 N–H and O–H groups in total. The maximum atomic E-state index is 10.3. The van der Waals surface area contributed by atoms with E-state index in [0.29, 0.717) is 17.5 Å². The van der Waals surface area contributed by atoms with E-state index < -0.39 is 5.60 Å². The Morgan fingerprint density at radius 2 is 2.35 bits per heavy atom. The van der Waals surface area contributed by atoms with Crippen LogP contribution in [0, 0.1) is 0 Å². The number of aliphatic hydroxyl groups is 1. The van der Waals surface area contributed by atoms with Gasteiger partial charge in [-0.05, 0) is 29.3 Å². The van der Waals surface area contributed by atoms with E-state index in [2.05, 4.69) is 15.3 Å². The van der Waals surface area contributed by atoms with Crippen LogP contribution in [0.15, 0.2) is 29.2 Å². The number of thiophene rings is 1. The molecule has 0 aliphatic heterocycles. The first-order valence-electron chi connectivity index (χ1n) is 5.04. The topological polar surface area (TPSA) is 58.0 Å². The van der Waals surface area contributed by atoms with Gasteiger partial charge in [0.15, 0.2) is 0 Å². The van der Waals surface area contributed by atoms with Gasteiger partial charge in [-0.25, -0.2) is 4.98 Å². The lowest BCUT2D eigenvalue weighted by Gasteiger charge is -2.22. The highest BCUT2D eigenvalue weighted by Crippen LogP contribution is 2.23. The highest BCUT2D eigenvalue weighted by Gasteiger charge is 2.23. The number of anilines is 1. The quantitative estimate of drug-likeness (QED) is 0.895. The van der Waals surface area contributed by atoms with E-state index in [9.17, 15) is 5.11 Å². The molecule has 0 spiro atoms. The highest BCUT2D eigenvalue weighted by molar-refractivity contribution is 7.08. The Morgan fingerprint density at radius 1 is 1.53 bits per heavy atom. The molecule has 90 valence electrons. The number of hydrogen-bond acceptors (Lipinski definition) is 5. The molecular formula is C11H12ClN3OS. The van der Waals surface area contributed by atoms with Crippen LogP contribution >= 0.6 is 22.9 Å². The molecule has 2 aromatic rings. The van der Waals surface area contributed by atoms with E-state index in [1.54, 1.807) is 24.5 Å². The summed E-state index contributed by atoms with van der Waals surface area (Å²) in [6, 6.07) is 1.90. The van der Waals surface area contributed by atoms with Crippen LogP contribution in [0.5, 0.6) is 0 Å². The molecule has 1 atom stereocenters. The molecule has 17 heavy (non-hydrogen) atoms. The molecule has 6 heteroatoms. The van der Waals surface area contributed by atoms with Crippen molar-refractivity contribution in [3.05, 3.63) is 39.9 Å². The molecule has 4 nitrogen and oxygen atoms in total. The molecule has 0 radical (unpaired) electrons. The SMILES string of the molecule is C[C@@](O)(CNc1cncc(Cl)n1)c1ccsc1. The van der Waals surface area contributed by atoms with E-state index in [1.807, 2.05) is 16.8 Å². The van der Waals surface area contributed by atoms with Crippen molar-refractivity contribution in [2.24, 2.45) is 0 Å². The maximum Gasteiger partial charge on any atom is 0.149 e. The lowest BCUT2D eigenvalue weighted by Crippen LogP contribution is -2.30. The Labute approximate surface area is 108 Å². The number of aromatic nitrogens is 2. The van der Waals surface area contributed by atoms with Crippen molar-refractivity contribution in [2.75, 3.05) is 11.9 Å². The molecule has 0 aliphatic carbocycles. The summed E-state index contributed by atoms with van der Waals surface area (Å²) in [5, 5.41) is 17.5. The first kappa shape index (κ1) is 12.3. The predicted molar refractivity (Wildman–Crippen MR) is 69.4 cm³/mol. The fourth-order valence-electron chi connectivity index (χ4n) is 1.36. The van der Waals surface area contributed by atoms with Crippen LogP contribution in [-0.4, -0.2) is 21.6 Å². The number of nitrogens with one attached hydrogen (secondary N) is 1. The van der Waals surface area contributed by atoms with Gasteiger partial charge in [0.1, 0.15) is 16.6 Å². The van der Waals surface area contributed by atoms with Crippen LogP contribution in [0.2, 0.25) is 5.15 Å². The second-order valence-corrected chi connectivity index (χ2v) is 5.03. The number of hydrogen-bond donors (Lipinski definition) is 2. The molecule has 2 heterocycles. The van der Waals surface area contributed by atoms with Crippen molar-refractivity contribution in [1.29, 1.82) is 0 Å². The first-order chi connectivity index (χ1) is 8.08. The number of halogens is 1. The second kappa shape index (κ2) is 5.00. The molecule has 2 rings (SSSR count). The van der Waals surface area contributed by atoms with Gasteiger partial charge in [0.05, 0.1) is 12.4 Å². The van der Waals surface area contributed by atoms with Crippen LogP contribution in [0.1, 0.15) is 12.5 Å². The van der Waals surface area contributed by atoms with Crippen molar-refractivity contribution in [3.63, 3.8) is 0 Å². The molecular weight excluding hydrogens is 258 g/mol. The van der Waals surface area contributed by atoms with Crippen molar-refractivity contribution >= 4 is 28.8 Å². The van der Waals surface area contributed by atoms with Crippen LogP contribution < -0.4 is 5.32 Å².